The fourth-order valence-corrected chi connectivity index (χ4v) is 4.70. The van der Waals surface area contributed by atoms with E-state index in [0.717, 1.165) is 33.8 Å². The molecule has 178 valence electrons. The number of pyridine rings is 2. The van der Waals surface area contributed by atoms with Crippen LogP contribution in [0.15, 0.2) is 53.5 Å². The van der Waals surface area contributed by atoms with Gasteiger partial charge in [0.25, 0.3) is 5.56 Å². The highest BCUT2D eigenvalue weighted by Gasteiger charge is 2.34. The van der Waals surface area contributed by atoms with Crippen molar-refractivity contribution in [3.63, 3.8) is 0 Å². The van der Waals surface area contributed by atoms with E-state index in [1.165, 1.54) is 0 Å². The van der Waals surface area contributed by atoms with Gasteiger partial charge in [-0.05, 0) is 42.8 Å². The summed E-state index contributed by atoms with van der Waals surface area (Å²) in [4.78, 5) is 17.4. The molecule has 2 aliphatic heterocycles. The summed E-state index contributed by atoms with van der Waals surface area (Å²) in [5, 5.41) is 0. The molecule has 1 saturated heterocycles. The summed E-state index contributed by atoms with van der Waals surface area (Å²) in [5.74, 6) is 1.37. The van der Waals surface area contributed by atoms with E-state index in [1.54, 1.807) is 12.3 Å². The molecule has 1 aromatic carbocycles. The molecule has 7 heteroatoms. The Balaban J connectivity index is 1.46. The molecule has 34 heavy (non-hydrogen) atoms. The predicted molar refractivity (Wildman–Crippen MR) is 129 cm³/mol. The molecule has 3 aromatic rings. The van der Waals surface area contributed by atoms with Crippen LogP contribution >= 0.6 is 0 Å². The van der Waals surface area contributed by atoms with Crippen LogP contribution in [0.2, 0.25) is 0 Å². The molecule has 0 bridgehead atoms. The van der Waals surface area contributed by atoms with Crippen LogP contribution in [0.3, 0.4) is 0 Å². The third kappa shape index (κ3) is 4.45. The van der Waals surface area contributed by atoms with Gasteiger partial charge >= 0.3 is 0 Å². The first-order valence-electron chi connectivity index (χ1n) is 11.7. The number of rotatable bonds is 6. The van der Waals surface area contributed by atoms with Crippen LogP contribution in [0.1, 0.15) is 30.7 Å². The zero-order valence-corrected chi connectivity index (χ0v) is 19.9. The first-order valence-corrected chi connectivity index (χ1v) is 11.7. The molecule has 0 spiro atoms. The van der Waals surface area contributed by atoms with Gasteiger partial charge in [-0.1, -0.05) is 19.9 Å². The van der Waals surface area contributed by atoms with Gasteiger partial charge in [-0.15, -0.1) is 0 Å². The van der Waals surface area contributed by atoms with Gasteiger partial charge in [0.1, 0.15) is 30.8 Å². The van der Waals surface area contributed by atoms with E-state index in [9.17, 15) is 4.79 Å². The van der Waals surface area contributed by atoms with E-state index in [0.29, 0.717) is 45.3 Å². The molecule has 7 nitrogen and oxygen atoms in total. The number of benzene rings is 1. The zero-order valence-electron chi connectivity index (χ0n) is 19.9. The van der Waals surface area contributed by atoms with Gasteiger partial charge in [-0.2, -0.15) is 0 Å². The molecule has 0 amide bonds. The number of hydrogen-bond donors (Lipinski definition) is 0. The summed E-state index contributed by atoms with van der Waals surface area (Å²) in [6, 6.07) is 13.5. The van der Waals surface area contributed by atoms with Crippen molar-refractivity contribution in [1.82, 2.24) is 9.55 Å². The third-order valence-electron chi connectivity index (χ3n) is 6.47. The summed E-state index contributed by atoms with van der Waals surface area (Å²) in [6.07, 6.45) is 1.64. The van der Waals surface area contributed by atoms with Crippen LogP contribution in [0, 0.1) is 6.92 Å². The van der Waals surface area contributed by atoms with E-state index >= 15 is 0 Å². The van der Waals surface area contributed by atoms with Crippen molar-refractivity contribution in [3.05, 3.63) is 75.8 Å². The van der Waals surface area contributed by atoms with E-state index in [-0.39, 0.29) is 17.1 Å². The maximum Gasteiger partial charge on any atom is 0.254 e. The minimum Gasteiger partial charge on any atom is -0.490 e. The Bertz CT molecular complexity index is 1230. The van der Waals surface area contributed by atoms with Crippen LogP contribution in [-0.2, 0) is 28.0 Å². The van der Waals surface area contributed by atoms with Gasteiger partial charge in [0.2, 0.25) is 0 Å². The maximum absolute atomic E-state index is 13.1. The Kier molecular flexibility index (Phi) is 6.15. The van der Waals surface area contributed by atoms with Gasteiger partial charge in [0, 0.05) is 35.3 Å². The standard InChI is InChI=1S/C27H30N2O5/c1-18-24(34-16-21-15-31-10-11-32-21)13-25(30)29-17-27(2,3)23-12-20(7-8-22(23)26(18)29)33-14-19-6-4-5-9-28-19/h4-9,12-13,21H,10-11,14-17H2,1-3H3/t21-/m0/s1. The van der Waals surface area contributed by atoms with Gasteiger partial charge in [-0.3, -0.25) is 9.78 Å². The van der Waals surface area contributed by atoms with Crippen molar-refractivity contribution in [2.24, 2.45) is 0 Å². The van der Waals surface area contributed by atoms with Crippen LogP contribution < -0.4 is 15.0 Å². The molecule has 1 fully saturated rings. The highest BCUT2D eigenvalue weighted by Crippen LogP contribution is 2.43. The van der Waals surface area contributed by atoms with Crippen LogP contribution in [0.5, 0.6) is 11.5 Å². The quantitative estimate of drug-likeness (QED) is 0.554. The molecule has 1 atom stereocenters. The Labute approximate surface area is 199 Å². The molecule has 2 aliphatic rings. The molecular formula is C27H30N2O5. The number of hydrogen-bond acceptors (Lipinski definition) is 6. The number of nitrogens with zero attached hydrogens (tertiary/aromatic N) is 2. The van der Waals surface area contributed by atoms with Gasteiger partial charge in [-0.25, -0.2) is 0 Å². The SMILES string of the molecule is Cc1c(OC[C@@H]2COCCO2)cc(=O)n2c1-c1ccc(OCc3ccccn3)cc1C(C)(C)C2. The van der Waals surface area contributed by atoms with Crippen LogP contribution in [0.25, 0.3) is 11.3 Å². The summed E-state index contributed by atoms with van der Waals surface area (Å²) < 4.78 is 25.1. The van der Waals surface area contributed by atoms with Gasteiger partial charge in [0.15, 0.2) is 0 Å². The normalized spacial score (nSPS) is 18.6. The molecule has 4 heterocycles. The third-order valence-corrected chi connectivity index (χ3v) is 6.47. The lowest BCUT2D eigenvalue weighted by molar-refractivity contribution is -0.101. The molecular weight excluding hydrogens is 432 g/mol. The van der Waals surface area contributed by atoms with Gasteiger partial charge < -0.3 is 23.5 Å². The first-order chi connectivity index (χ1) is 16.4. The molecule has 0 aliphatic carbocycles. The van der Waals surface area contributed by atoms with E-state index in [4.69, 9.17) is 18.9 Å². The van der Waals surface area contributed by atoms with E-state index in [1.807, 2.05) is 41.8 Å². The van der Waals surface area contributed by atoms with Crippen molar-refractivity contribution in [1.29, 1.82) is 0 Å². The van der Waals surface area contributed by atoms with Crippen molar-refractivity contribution in [2.45, 2.75) is 45.4 Å². The van der Waals surface area contributed by atoms with Crippen molar-refractivity contribution < 1.29 is 18.9 Å². The highest BCUT2D eigenvalue weighted by molar-refractivity contribution is 5.73. The second kappa shape index (κ2) is 9.24. The molecule has 0 N–H and O–H groups in total. The molecule has 0 unspecified atom stereocenters. The molecule has 0 saturated carbocycles. The smallest absolute Gasteiger partial charge is 0.254 e. The van der Waals surface area contributed by atoms with Crippen molar-refractivity contribution >= 4 is 0 Å². The second-order valence-corrected chi connectivity index (χ2v) is 9.49. The molecule has 5 rings (SSSR count). The topological polar surface area (TPSA) is 71.8 Å². The summed E-state index contributed by atoms with van der Waals surface area (Å²) in [6.45, 7) is 9.32. The Hall–Kier alpha value is -3.16. The van der Waals surface area contributed by atoms with E-state index < -0.39 is 0 Å². The Morgan fingerprint density at radius 1 is 1.15 bits per heavy atom. The minimum atomic E-state index is -0.237. The average Bonchev–Trinajstić information content (AvgIpc) is 2.85. The highest BCUT2D eigenvalue weighted by atomic mass is 16.6. The number of aromatic nitrogens is 2. The maximum atomic E-state index is 13.1. The van der Waals surface area contributed by atoms with E-state index in [2.05, 4.69) is 24.9 Å². The predicted octanol–water partition coefficient (Wildman–Crippen LogP) is 3.88. The van der Waals surface area contributed by atoms with Crippen molar-refractivity contribution in [3.8, 4) is 22.8 Å². The fourth-order valence-electron chi connectivity index (χ4n) is 4.70. The number of ether oxygens (including phenoxy) is 4. The lowest BCUT2D eigenvalue weighted by atomic mass is 9.77. The van der Waals surface area contributed by atoms with Crippen molar-refractivity contribution in [2.75, 3.05) is 26.4 Å². The summed E-state index contributed by atoms with van der Waals surface area (Å²) in [7, 11) is 0. The monoisotopic (exact) mass is 462 g/mol. The first kappa shape index (κ1) is 22.6. The van der Waals surface area contributed by atoms with Crippen LogP contribution in [-0.4, -0.2) is 42.1 Å². The largest absolute Gasteiger partial charge is 0.490 e. The lowest BCUT2D eigenvalue weighted by Gasteiger charge is -2.36. The minimum absolute atomic E-state index is 0.0642. The molecule has 2 aromatic heterocycles. The van der Waals surface area contributed by atoms with Gasteiger partial charge in [0.05, 0.1) is 31.2 Å². The zero-order chi connectivity index (χ0) is 23.7. The summed E-state index contributed by atoms with van der Waals surface area (Å²) in [5.41, 5.74) is 4.59. The summed E-state index contributed by atoms with van der Waals surface area (Å²) >= 11 is 0. The number of fused-ring (bicyclic) bond motifs is 3. The molecule has 0 radical (unpaired) electrons. The fraction of sp³-hybridized carbons (Fsp3) is 0.407. The Morgan fingerprint density at radius 2 is 2.03 bits per heavy atom. The van der Waals surface area contributed by atoms with Crippen LogP contribution in [0.4, 0.5) is 0 Å². The average molecular weight is 463 g/mol. The Morgan fingerprint density at radius 3 is 2.79 bits per heavy atom. The second-order valence-electron chi connectivity index (χ2n) is 9.49. The lowest BCUT2D eigenvalue weighted by Crippen LogP contribution is -2.37.